The number of ether oxygens (including phenoxy) is 2. The van der Waals surface area contributed by atoms with Crippen molar-refractivity contribution in [3.05, 3.63) is 23.8 Å². The average Bonchev–Trinajstić information content (AvgIpc) is 2.37. The Bertz CT molecular complexity index is 471. The molecule has 5 heteroatoms. The molecule has 0 saturated heterocycles. The van der Waals surface area contributed by atoms with Crippen LogP contribution in [0.1, 0.15) is 30.6 Å². The van der Waals surface area contributed by atoms with Crippen molar-refractivity contribution in [2.75, 3.05) is 19.8 Å². The van der Waals surface area contributed by atoms with Gasteiger partial charge in [-0.2, -0.15) is 0 Å². The third-order valence-corrected chi connectivity index (χ3v) is 2.99. The first-order valence-electron chi connectivity index (χ1n) is 6.35. The molecule has 19 heavy (non-hydrogen) atoms. The van der Waals surface area contributed by atoms with E-state index in [9.17, 15) is 4.79 Å². The van der Waals surface area contributed by atoms with Gasteiger partial charge in [0.05, 0.1) is 0 Å². The van der Waals surface area contributed by atoms with Crippen LogP contribution in [0, 0.1) is 0 Å². The van der Waals surface area contributed by atoms with Gasteiger partial charge in [-0.05, 0) is 38.5 Å². The molecule has 5 nitrogen and oxygen atoms in total. The molecule has 1 aliphatic heterocycles. The van der Waals surface area contributed by atoms with Crippen molar-refractivity contribution in [3.63, 3.8) is 0 Å². The van der Waals surface area contributed by atoms with E-state index in [-0.39, 0.29) is 12.5 Å². The van der Waals surface area contributed by atoms with Crippen LogP contribution in [0.15, 0.2) is 18.2 Å². The maximum absolute atomic E-state index is 12.1. The highest BCUT2D eigenvalue weighted by Crippen LogP contribution is 2.30. The zero-order chi connectivity index (χ0) is 13.9. The van der Waals surface area contributed by atoms with E-state index in [0.29, 0.717) is 36.7 Å². The van der Waals surface area contributed by atoms with Crippen molar-refractivity contribution < 1.29 is 19.4 Å². The summed E-state index contributed by atoms with van der Waals surface area (Å²) in [5.74, 6) is 1.08. The average molecular weight is 265 g/mol. The van der Waals surface area contributed by atoms with E-state index in [1.165, 1.54) is 0 Å². The molecule has 1 amide bonds. The number of nitrogens with one attached hydrogen (secondary N) is 1. The number of aliphatic hydroxyl groups excluding tert-OH is 1. The van der Waals surface area contributed by atoms with Crippen LogP contribution < -0.4 is 14.8 Å². The molecule has 0 fully saturated rings. The molecule has 104 valence electrons. The minimum atomic E-state index is -0.445. The summed E-state index contributed by atoms with van der Waals surface area (Å²) in [6.07, 6.45) is 0.503. The smallest absolute Gasteiger partial charge is 0.251 e. The fourth-order valence-corrected chi connectivity index (χ4v) is 1.91. The van der Waals surface area contributed by atoms with Gasteiger partial charge < -0.3 is 19.9 Å². The summed E-state index contributed by atoms with van der Waals surface area (Å²) in [6.45, 7) is 4.81. The molecule has 0 saturated carbocycles. The van der Waals surface area contributed by atoms with Gasteiger partial charge in [0.1, 0.15) is 13.2 Å². The molecule has 1 aliphatic rings. The minimum absolute atomic E-state index is 0.0361. The maximum Gasteiger partial charge on any atom is 0.251 e. The summed E-state index contributed by atoms with van der Waals surface area (Å²) in [7, 11) is 0. The van der Waals surface area contributed by atoms with Gasteiger partial charge in [-0.3, -0.25) is 4.79 Å². The summed E-state index contributed by atoms with van der Waals surface area (Å²) in [5.41, 5.74) is 0.0780. The van der Waals surface area contributed by atoms with Gasteiger partial charge in [0.15, 0.2) is 11.5 Å². The molecule has 0 unspecified atom stereocenters. The second-order valence-corrected chi connectivity index (χ2v) is 5.17. The van der Waals surface area contributed by atoms with Crippen molar-refractivity contribution in [1.29, 1.82) is 0 Å². The first-order valence-corrected chi connectivity index (χ1v) is 6.35. The van der Waals surface area contributed by atoms with E-state index in [4.69, 9.17) is 14.6 Å². The lowest BCUT2D eigenvalue weighted by Crippen LogP contribution is -2.44. The number of rotatable bonds is 4. The highest BCUT2D eigenvalue weighted by atomic mass is 16.6. The Labute approximate surface area is 112 Å². The van der Waals surface area contributed by atoms with Gasteiger partial charge in [-0.15, -0.1) is 0 Å². The van der Waals surface area contributed by atoms with Crippen LogP contribution >= 0.6 is 0 Å². The molecule has 2 N–H and O–H groups in total. The molecular weight excluding hydrogens is 246 g/mol. The highest BCUT2D eigenvalue weighted by molar-refractivity contribution is 5.95. The van der Waals surface area contributed by atoms with Gasteiger partial charge in [-0.25, -0.2) is 0 Å². The number of carbonyl (C=O) groups excluding carboxylic acids is 1. The van der Waals surface area contributed by atoms with Crippen molar-refractivity contribution in [2.45, 2.75) is 25.8 Å². The predicted octanol–water partition coefficient (Wildman–Crippen LogP) is 1.35. The zero-order valence-corrected chi connectivity index (χ0v) is 11.2. The Morgan fingerprint density at radius 3 is 2.68 bits per heavy atom. The monoisotopic (exact) mass is 265 g/mol. The SMILES string of the molecule is CC(C)(CCO)NC(=O)c1ccc2c(c1)OCCO2. The number of carbonyl (C=O) groups is 1. The summed E-state index contributed by atoms with van der Waals surface area (Å²) in [4.78, 5) is 12.1. The van der Waals surface area contributed by atoms with Crippen LogP contribution in [-0.4, -0.2) is 36.4 Å². The van der Waals surface area contributed by atoms with Gasteiger partial charge in [0.2, 0.25) is 0 Å². The fourth-order valence-electron chi connectivity index (χ4n) is 1.91. The molecule has 0 radical (unpaired) electrons. The fraction of sp³-hybridized carbons (Fsp3) is 0.500. The number of fused-ring (bicyclic) bond motifs is 1. The highest BCUT2D eigenvalue weighted by Gasteiger charge is 2.22. The van der Waals surface area contributed by atoms with Gasteiger partial charge in [0.25, 0.3) is 5.91 Å². The summed E-state index contributed by atoms with van der Waals surface area (Å²) in [5, 5.41) is 11.8. The maximum atomic E-state index is 12.1. The predicted molar refractivity (Wildman–Crippen MR) is 70.7 cm³/mol. The molecule has 1 aromatic carbocycles. The molecule has 0 atom stereocenters. The van der Waals surface area contributed by atoms with Gasteiger partial charge >= 0.3 is 0 Å². The molecule has 1 aromatic rings. The third kappa shape index (κ3) is 3.38. The Balaban J connectivity index is 2.11. The Morgan fingerprint density at radius 2 is 2.00 bits per heavy atom. The van der Waals surface area contributed by atoms with Crippen LogP contribution in [-0.2, 0) is 0 Å². The third-order valence-electron chi connectivity index (χ3n) is 2.99. The zero-order valence-electron chi connectivity index (χ0n) is 11.2. The van der Waals surface area contributed by atoms with E-state index in [0.717, 1.165) is 0 Å². The number of amides is 1. The van der Waals surface area contributed by atoms with Crippen molar-refractivity contribution in [3.8, 4) is 11.5 Å². The van der Waals surface area contributed by atoms with Crippen molar-refractivity contribution >= 4 is 5.91 Å². The second-order valence-electron chi connectivity index (χ2n) is 5.17. The topological polar surface area (TPSA) is 67.8 Å². The van der Waals surface area contributed by atoms with Crippen LogP contribution in [0.25, 0.3) is 0 Å². The summed E-state index contributed by atoms with van der Waals surface area (Å²) < 4.78 is 10.9. The van der Waals surface area contributed by atoms with Crippen LogP contribution in [0.2, 0.25) is 0 Å². The van der Waals surface area contributed by atoms with Gasteiger partial charge in [-0.1, -0.05) is 0 Å². The van der Waals surface area contributed by atoms with E-state index >= 15 is 0 Å². The van der Waals surface area contributed by atoms with Crippen LogP contribution in [0.5, 0.6) is 11.5 Å². The van der Waals surface area contributed by atoms with E-state index < -0.39 is 5.54 Å². The van der Waals surface area contributed by atoms with Crippen molar-refractivity contribution in [2.24, 2.45) is 0 Å². The largest absolute Gasteiger partial charge is 0.486 e. The lowest BCUT2D eigenvalue weighted by atomic mass is 10.0. The molecule has 0 spiro atoms. The minimum Gasteiger partial charge on any atom is -0.486 e. The van der Waals surface area contributed by atoms with Gasteiger partial charge in [0, 0.05) is 17.7 Å². The summed E-state index contributed by atoms with van der Waals surface area (Å²) >= 11 is 0. The Hall–Kier alpha value is -1.75. The number of aliphatic hydroxyl groups is 1. The van der Waals surface area contributed by atoms with Crippen LogP contribution in [0.3, 0.4) is 0 Å². The first-order chi connectivity index (χ1) is 9.02. The lowest BCUT2D eigenvalue weighted by molar-refractivity contribution is 0.0898. The standard InChI is InChI=1S/C14H19NO4/c1-14(2,5-6-16)15-13(17)10-3-4-11-12(9-10)19-8-7-18-11/h3-4,9,16H,5-8H2,1-2H3,(H,15,17). The molecular formula is C14H19NO4. The molecule has 2 rings (SSSR count). The molecule has 0 aromatic heterocycles. The van der Waals surface area contributed by atoms with Crippen LogP contribution in [0.4, 0.5) is 0 Å². The second kappa shape index (κ2) is 5.48. The first kappa shape index (κ1) is 13.7. The van der Waals surface area contributed by atoms with E-state index in [2.05, 4.69) is 5.32 Å². The summed E-state index contributed by atoms with van der Waals surface area (Å²) in [6, 6.07) is 5.12. The lowest BCUT2D eigenvalue weighted by Gasteiger charge is -2.26. The van der Waals surface area contributed by atoms with E-state index in [1.54, 1.807) is 18.2 Å². The number of benzene rings is 1. The molecule has 0 aliphatic carbocycles. The Morgan fingerprint density at radius 1 is 1.32 bits per heavy atom. The Kier molecular flexibility index (Phi) is 3.95. The number of hydrogen-bond donors (Lipinski definition) is 2. The van der Waals surface area contributed by atoms with Crippen molar-refractivity contribution in [1.82, 2.24) is 5.32 Å². The molecule has 0 bridgehead atoms. The normalized spacial score (nSPS) is 14.1. The number of hydrogen-bond acceptors (Lipinski definition) is 4. The van der Waals surface area contributed by atoms with E-state index in [1.807, 2.05) is 13.8 Å². The quantitative estimate of drug-likeness (QED) is 0.862. The molecule has 1 heterocycles.